The molecule has 0 bridgehead atoms. The molecule has 0 radical (unpaired) electrons. The van der Waals surface area contributed by atoms with Crippen LogP contribution < -0.4 is 0 Å². The zero-order valence-corrected chi connectivity index (χ0v) is 18.3. The number of ether oxygens (including phenoxy) is 1. The van der Waals surface area contributed by atoms with Gasteiger partial charge in [0.05, 0.1) is 0 Å². The molecule has 0 spiro atoms. The summed E-state index contributed by atoms with van der Waals surface area (Å²) in [5.41, 5.74) is 4.12. The van der Waals surface area contributed by atoms with E-state index in [1.165, 1.54) is 0 Å². The van der Waals surface area contributed by atoms with Crippen LogP contribution in [0.3, 0.4) is 0 Å². The molecule has 0 unspecified atom stereocenters. The van der Waals surface area contributed by atoms with Crippen molar-refractivity contribution in [1.29, 1.82) is 0 Å². The van der Waals surface area contributed by atoms with Gasteiger partial charge < -0.3 is 14.7 Å². The van der Waals surface area contributed by atoms with Gasteiger partial charge in [-0.2, -0.15) is 0 Å². The molecule has 0 amide bonds. The second-order valence-electron chi connectivity index (χ2n) is 7.91. The van der Waals surface area contributed by atoms with Crippen molar-refractivity contribution in [3.05, 3.63) is 50.8 Å². The molecule has 6 heteroatoms. The predicted octanol–water partition coefficient (Wildman–Crippen LogP) is 4.60. The molecule has 0 saturated carbocycles. The van der Waals surface area contributed by atoms with Gasteiger partial charge in [0.1, 0.15) is 5.75 Å². The van der Waals surface area contributed by atoms with Crippen molar-refractivity contribution in [3.8, 4) is 5.75 Å². The lowest BCUT2D eigenvalue weighted by Crippen LogP contribution is -2.39. The van der Waals surface area contributed by atoms with Gasteiger partial charge in [0.2, 0.25) is 0 Å². The largest absolute Gasteiger partial charge is 0.508 e. The number of hydrogen-bond acceptors (Lipinski definition) is 5. The van der Waals surface area contributed by atoms with Gasteiger partial charge in [0, 0.05) is 71.6 Å². The number of ketones is 2. The maximum atomic E-state index is 13.1. The second-order valence-corrected chi connectivity index (χ2v) is 8.82. The standard InChI is InChI=1S/C23H26BrNO4/c1-29-12-4-11-25-16-5-2-7-19(27)22(16)21(15-13-14(24)9-10-18(15)26)23-17(25)6-3-8-20(23)28/h9-10,13,21,26H,2-8,11-12H2,1H3. The number of benzene rings is 1. The SMILES string of the molecule is COCCCN1C2=C(C(=O)CCC2)C(c2cc(Br)ccc2O)C2=C1CCCC2=O. The fraction of sp³-hybridized carbons (Fsp3) is 0.478. The van der Waals surface area contributed by atoms with E-state index in [0.717, 1.165) is 54.5 Å². The minimum Gasteiger partial charge on any atom is -0.508 e. The van der Waals surface area contributed by atoms with Gasteiger partial charge in [0.15, 0.2) is 11.6 Å². The van der Waals surface area contributed by atoms with E-state index in [9.17, 15) is 14.7 Å². The van der Waals surface area contributed by atoms with Crippen molar-refractivity contribution < 1.29 is 19.4 Å². The number of Topliss-reactive ketones (excluding diaryl/α,β-unsaturated/α-hetero) is 2. The van der Waals surface area contributed by atoms with E-state index >= 15 is 0 Å². The average Bonchev–Trinajstić information content (AvgIpc) is 2.70. The second kappa shape index (κ2) is 8.44. The molecule has 1 aromatic rings. The van der Waals surface area contributed by atoms with Crippen LogP contribution in [0.2, 0.25) is 0 Å². The highest BCUT2D eigenvalue weighted by atomic mass is 79.9. The average molecular weight is 460 g/mol. The maximum absolute atomic E-state index is 13.1. The molecule has 29 heavy (non-hydrogen) atoms. The van der Waals surface area contributed by atoms with E-state index in [2.05, 4.69) is 20.8 Å². The molecule has 154 valence electrons. The van der Waals surface area contributed by atoms with E-state index in [0.29, 0.717) is 36.2 Å². The van der Waals surface area contributed by atoms with Gasteiger partial charge in [-0.1, -0.05) is 15.9 Å². The molecule has 4 rings (SSSR count). The van der Waals surface area contributed by atoms with Crippen molar-refractivity contribution in [1.82, 2.24) is 4.90 Å². The number of carbonyl (C=O) groups excluding carboxylic acids is 2. The van der Waals surface area contributed by atoms with Crippen LogP contribution in [0, 0.1) is 0 Å². The lowest BCUT2D eigenvalue weighted by molar-refractivity contribution is -0.117. The molecule has 1 aliphatic heterocycles. The quantitative estimate of drug-likeness (QED) is 0.651. The number of aromatic hydroxyl groups is 1. The number of allylic oxidation sites excluding steroid dienone is 4. The van der Waals surface area contributed by atoms with Crippen molar-refractivity contribution in [2.24, 2.45) is 0 Å². The number of phenolic OH excluding ortho intramolecular Hbond substituents is 1. The first-order valence-electron chi connectivity index (χ1n) is 10.3. The van der Waals surface area contributed by atoms with Gasteiger partial charge in [-0.25, -0.2) is 0 Å². The molecule has 0 aromatic heterocycles. The zero-order chi connectivity index (χ0) is 20.5. The van der Waals surface area contributed by atoms with Gasteiger partial charge in [-0.3, -0.25) is 9.59 Å². The fourth-order valence-corrected chi connectivity index (χ4v) is 5.30. The highest BCUT2D eigenvalue weighted by Gasteiger charge is 2.43. The Morgan fingerprint density at radius 1 is 1.07 bits per heavy atom. The number of methoxy groups -OCH3 is 1. The Hall–Kier alpha value is -1.92. The highest BCUT2D eigenvalue weighted by Crippen LogP contribution is 2.50. The van der Waals surface area contributed by atoms with Crippen LogP contribution in [0.4, 0.5) is 0 Å². The molecule has 0 fully saturated rings. The van der Waals surface area contributed by atoms with Crippen LogP contribution in [-0.2, 0) is 14.3 Å². The Balaban J connectivity index is 1.91. The van der Waals surface area contributed by atoms with Crippen LogP contribution in [0.5, 0.6) is 5.75 Å². The summed E-state index contributed by atoms with van der Waals surface area (Å²) in [6.45, 7) is 1.38. The topological polar surface area (TPSA) is 66.8 Å². The lowest BCUT2D eigenvalue weighted by atomic mass is 9.70. The number of halogens is 1. The molecule has 2 aliphatic carbocycles. The van der Waals surface area contributed by atoms with Gasteiger partial charge in [-0.05, 0) is 50.3 Å². The normalized spacial score (nSPS) is 20.3. The smallest absolute Gasteiger partial charge is 0.161 e. The summed E-state index contributed by atoms with van der Waals surface area (Å²) in [7, 11) is 1.69. The van der Waals surface area contributed by atoms with Crippen LogP contribution in [-0.4, -0.2) is 41.8 Å². The first kappa shape index (κ1) is 20.4. The summed E-state index contributed by atoms with van der Waals surface area (Å²) >= 11 is 3.49. The molecule has 0 saturated heterocycles. The molecule has 0 atom stereocenters. The third-order valence-electron chi connectivity index (χ3n) is 6.12. The number of carbonyl (C=O) groups is 2. The first-order chi connectivity index (χ1) is 14.0. The summed E-state index contributed by atoms with van der Waals surface area (Å²) in [4.78, 5) is 28.5. The van der Waals surface area contributed by atoms with E-state index < -0.39 is 5.92 Å². The Morgan fingerprint density at radius 3 is 2.28 bits per heavy atom. The van der Waals surface area contributed by atoms with E-state index in [-0.39, 0.29) is 17.3 Å². The number of hydrogen-bond donors (Lipinski definition) is 1. The summed E-state index contributed by atoms with van der Waals surface area (Å²) in [5, 5.41) is 10.7. The first-order valence-corrected chi connectivity index (χ1v) is 11.1. The molecular formula is C23H26BrNO4. The van der Waals surface area contributed by atoms with Crippen molar-refractivity contribution in [2.45, 2.75) is 50.9 Å². The number of nitrogens with zero attached hydrogens (tertiary/aromatic N) is 1. The Kier molecular flexibility index (Phi) is 5.93. The monoisotopic (exact) mass is 459 g/mol. The third kappa shape index (κ3) is 3.68. The lowest BCUT2D eigenvalue weighted by Gasteiger charge is -2.44. The van der Waals surface area contributed by atoms with Crippen LogP contribution in [0.25, 0.3) is 0 Å². The van der Waals surface area contributed by atoms with E-state index in [1.807, 2.05) is 6.07 Å². The summed E-state index contributed by atoms with van der Waals surface area (Å²) in [6.07, 6.45) is 5.12. The molecular weight excluding hydrogens is 434 g/mol. The number of rotatable bonds is 5. The zero-order valence-electron chi connectivity index (χ0n) is 16.7. The molecule has 1 N–H and O–H groups in total. The van der Waals surface area contributed by atoms with Gasteiger partial charge in [-0.15, -0.1) is 0 Å². The van der Waals surface area contributed by atoms with Crippen molar-refractivity contribution in [3.63, 3.8) is 0 Å². The Labute approximate surface area is 179 Å². The van der Waals surface area contributed by atoms with Crippen LogP contribution in [0.1, 0.15) is 56.4 Å². The highest BCUT2D eigenvalue weighted by molar-refractivity contribution is 9.10. The molecule has 1 heterocycles. The third-order valence-corrected chi connectivity index (χ3v) is 6.61. The van der Waals surface area contributed by atoms with Crippen molar-refractivity contribution in [2.75, 3.05) is 20.3 Å². The molecule has 3 aliphatic rings. The van der Waals surface area contributed by atoms with Crippen molar-refractivity contribution >= 4 is 27.5 Å². The number of phenols is 1. The van der Waals surface area contributed by atoms with Gasteiger partial charge >= 0.3 is 0 Å². The summed E-state index contributed by atoms with van der Waals surface area (Å²) in [6, 6.07) is 5.25. The predicted molar refractivity (Wildman–Crippen MR) is 114 cm³/mol. The van der Waals surface area contributed by atoms with Crippen LogP contribution >= 0.6 is 15.9 Å². The van der Waals surface area contributed by atoms with Crippen LogP contribution in [0.15, 0.2) is 45.2 Å². The van der Waals surface area contributed by atoms with E-state index in [4.69, 9.17) is 4.74 Å². The minimum absolute atomic E-state index is 0.0947. The Bertz CT molecular complexity index is 873. The van der Waals surface area contributed by atoms with Gasteiger partial charge in [0.25, 0.3) is 0 Å². The van der Waals surface area contributed by atoms with E-state index in [1.54, 1.807) is 19.2 Å². The summed E-state index contributed by atoms with van der Waals surface area (Å²) < 4.78 is 6.06. The maximum Gasteiger partial charge on any atom is 0.161 e. The molecule has 5 nitrogen and oxygen atoms in total. The Morgan fingerprint density at radius 2 is 1.69 bits per heavy atom. The molecule has 1 aromatic carbocycles. The fourth-order valence-electron chi connectivity index (χ4n) is 4.92. The minimum atomic E-state index is -0.475. The summed E-state index contributed by atoms with van der Waals surface area (Å²) in [5.74, 6) is -0.159.